The van der Waals surface area contributed by atoms with Gasteiger partial charge >= 0.3 is 5.97 Å². The molecule has 112 valence electrons. The van der Waals surface area contributed by atoms with Crippen LogP contribution in [-0.2, 0) is 23.1 Å². The first kappa shape index (κ1) is 16.2. The summed E-state index contributed by atoms with van der Waals surface area (Å²) >= 11 is 0. The van der Waals surface area contributed by atoms with E-state index in [1.165, 1.54) is 0 Å². The Morgan fingerprint density at radius 3 is 2.50 bits per heavy atom. The lowest BCUT2D eigenvalue weighted by Gasteiger charge is -2.26. The number of carbonyl (C=O) groups excluding carboxylic acids is 1. The Hall–Kier alpha value is -1.85. The van der Waals surface area contributed by atoms with Gasteiger partial charge in [0.05, 0.1) is 5.41 Å². The molecule has 0 aromatic carbocycles. The smallest absolute Gasteiger partial charge is 0.311 e. The van der Waals surface area contributed by atoms with Gasteiger partial charge in [0.15, 0.2) is 0 Å². The van der Waals surface area contributed by atoms with Crippen LogP contribution in [0.2, 0.25) is 0 Å². The lowest BCUT2D eigenvalue weighted by molar-refractivity contribution is -0.149. The van der Waals surface area contributed by atoms with Crippen LogP contribution >= 0.6 is 0 Å². The first-order chi connectivity index (χ1) is 9.45. The Morgan fingerprint density at radius 1 is 1.40 bits per heavy atom. The van der Waals surface area contributed by atoms with Gasteiger partial charge in [0.25, 0.3) is 0 Å². The van der Waals surface area contributed by atoms with Gasteiger partial charge in [-0.05, 0) is 25.3 Å². The van der Waals surface area contributed by atoms with E-state index in [2.05, 4.69) is 10.4 Å². The van der Waals surface area contributed by atoms with Gasteiger partial charge in [-0.1, -0.05) is 13.8 Å². The molecule has 0 saturated heterocycles. The van der Waals surface area contributed by atoms with Crippen LogP contribution < -0.4 is 5.32 Å². The minimum atomic E-state index is -0.859. The van der Waals surface area contributed by atoms with E-state index in [1.54, 1.807) is 10.9 Å². The van der Waals surface area contributed by atoms with Crippen molar-refractivity contribution >= 4 is 11.9 Å². The van der Waals surface area contributed by atoms with Gasteiger partial charge in [0.2, 0.25) is 5.91 Å². The number of carboxylic acids is 1. The predicted octanol–water partition coefficient (Wildman–Crippen LogP) is 1.36. The molecular formula is C14H23N3O3. The summed E-state index contributed by atoms with van der Waals surface area (Å²) in [6.45, 7) is 3.85. The molecule has 1 rings (SSSR count). The van der Waals surface area contributed by atoms with Gasteiger partial charge in [-0.25, -0.2) is 0 Å². The van der Waals surface area contributed by atoms with E-state index in [0.29, 0.717) is 25.7 Å². The molecule has 1 aromatic rings. The highest BCUT2D eigenvalue weighted by Gasteiger charge is 2.34. The molecule has 6 nitrogen and oxygen atoms in total. The lowest BCUT2D eigenvalue weighted by atomic mass is 9.82. The van der Waals surface area contributed by atoms with Crippen LogP contribution in [0.3, 0.4) is 0 Å². The van der Waals surface area contributed by atoms with Crippen molar-refractivity contribution in [3.05, 3.63) is 18.0 Å². The quantitative estimate of drug-likeness (QED) is 0.753. The molecule has 0 bridgehead atoms. The Bertz CT molecular complexity index is 464. The third-order valence-electron chi connectivity index (χ3n) is 3.96. The fourth-order valence-electron chi connectivity index (χ4n) is 2.12. The third kappa shape index (κ3) is 3.82. The van der Waals surface area contributed by atoms with Crippen LogP contribution in [0, 0.1) is 5.41 Å². The molecule has 0 fully saturated rings. The minimum Gasteiger partial charge on any atom is -0.481 e. The molecule has 0 aliphatic carbocycles. The number of amides is 1. The zero-order valence-electron chi connectivity index (χ0n) is 12.3. The zero-order valence-corrected chi connectivity index (χ0v) is 12.3. The standard InChI is InChI=1S/C14H23N3O3/c1-4-14(5-2,13(19)20)10-15-12(18)7-6-11-8-9-16-17(11)3/h8-9H,4-7,10H2,1-3H3,(H,15,18)(H,19,20). The molecule has 20 heavy (non-hydrogen) atoms. The summed E-state index contributed by atoms with van der Waals surface area (Å²) in [5.41, 5.74) is 0.123. The van der Waals surface area contributed by atoms with E-state index < -0.39 is 11.4 Å². The molecule has 0 radical (unpaired) electrons. The molecule has 0 aliphatic rings. The van der Waals surface area contributed by atoms with Crippen LogP contribution in [0.4, 0.5) is 0 Å². The largest absolute Gasteiger partial charge is 0.481 e. The highest BCUT2D eigenvalue weighted by atomic mass is 16.4. The topological polar surface area (TPSA) is 84.2 Å². The van der Waals surface area contributed by atoms with Gasteiger partial charge in [0, 0.05) is 31.9 Å². The molecular weight excluding hydrogens is 258 g/mol. The number of nitrogens with zero attached hydrogens (tertiary/aromatic N) is 2. The first-order valence-corrected chi connectivity index (χ1v) is 6.92. The van der Waals surface area contributed by atoms with Crippen molar-refractivity contribution in [3.63, 3.8) is 0 Å². The molecule has 0 saturated carbocycles. The second-order valence-corrected chi connectivity index (χ2v) is 5.02. The number of nitrogens with one attached hydrogen (secondary N) is 1. The van der Waals surface area contributed by atoms with Crippen LogP contribution in [0.1, 0.15) is 38.8 Å². The SMILES string of the molecule is CCC(CC)(CNC(=O)CCc1ccnn1C)C(=O)O. The lowest BCUT2D eigenvalue weighted by Crippen LogP contribution is -2.42. The van der Waals surface area contributed by atoms with E-state index in [1.807, 2.05) is 27.0 Å². The maximum atomic E-state index is 11.8. The van der Waals surface area contributed by atoms with Crippen LogP contribution in [-0.4, -0.2) is 33.3 Å². The molecule has 6 heteroatoms. The van der Waals surface area contributed by atoms with Gasteiger partial charge in [-0.15, -0.1) is 0 Å². The summed E-state index contributed by atoms with van der Waals surface area (Å²) in [6.07, 6.45) is 3.63. The van der Waals surface area contributed by atoms with Gasteiger partial charge < -0.3 is 10.4 Å². The second kappa shape index (κ2) is 7.07. The molecule has 2 N–H and O–H groups in total. The normalized spacial score (nSPS) is 11.3. The maximum Gasteiger partial charge on any atom is 0.311 e. The minimum absolute atomic E-state index is 0.126. The van der Waals surface area contributed by atoms with Crippen molar-refractivity contribution < 1.29 is 14.7 Å². The van der Waals surface area contributed by atoms with E-state index in [4.69, 9.17) is 0 Å². The molecule has 0 spiro atoms. The molecule has 0 aliphatic heterocycles. The predicted molar refractivity (Wildman–Crippen MR) is 75.2 cm³/mol. The van der Waals surface area contributed by atoms with Crippen LogP contribution in [0.25, 0.3) is 0 Å². The van der Waals surface area contributed by atoms with Crippen molar-refractivity contribution in [2.24, 2.45) is 12.5 Å². The van der Waals surface area contributed by atoms with Crippen molar-refractivity contribution in [2.75, 3.05) is 6.54 Å². The monoisotopic (exact) mass is 281 g/mol. The maximum absolute atomic E-state index is 11.8. The van der Waals surface area contributed by atoms with E-state index >= 15 is 0 Å². The Balaban J connectivity index is 2.46. The number of aryl methyl sites for hydroxylation is 2. The van der Waals surface area contributed by atoms with Crippen molar-refractivity contribution in [1.29, 1.82) is 0 Å². The van der Waals surface area contributed by atoms with E-state index in [9.17, 15) is 14.7 Å². The fraction of sp³-hybridized carbons (Fsp3) is 0.643. The number of hydrogen-bond donors (Lipinski definition) is 2. The second-order valence-electron chi connectivity index (χ2n) is 5.02. The summed E-state index contributed by atoms with van der Waals surface area (Å²) in [6, 6.07) is 1.87. The summed E-state index contributed by atoms with van der Waals surface area (Å²) in [5, 5.41) is 16.1. The summed E-state index contributed by atoms with van der Waals surface area (Å²) in [4.78, 5) is 23.1. The van der Waals surface area contributed by atoms with E-state index in [-0.39, 0.29) is 12.5 Å². The van der Waals surface area contributed by atoms with Crippen LogP contribution in [0.5, 0.6) is 0 Å². The van der Waals surface area contributed by atoms with Crippen molar-refractivity contribution in [3.8, 4) is 0 Å². The number of carbonyl (C=O) groups is 2. The average molecular weight is 281 g/mol. The third-order valence-corrected chi connectivity index (χ3v) is 3.96. The number of aromatic nitrogens is 2. The molecule has 1 amide bonds. The van der Waals surface area contributed by atoms with Gasteiger partial charge in [-0.2, -0.15) is 5.10 Å². The molecule has 1 aromatic heterocycles. The Morgan fingerprint density at radius 2 is 2.05 bits per heavy atom. The fourth-order valence-corrected chi connectivity index (χ4v) is 2.12. The Labute approximate surface area is 119 Å². The van der Waals surface area contributed by atoms with Gasteiger partial charge in [0.1, 0.15) is 0 Å². The van der Waals surface area contributed by atoms with E-state index in [0.717, 1.165) is 5.69 Å². The highest BCUT2D eigenvalue weighted by Crippen LogP contribution is 2.25. The first-order valence-electron chi connectivity index (χ1n) is 6.92. The summed E-state index contributed by atoms with van der Waals surface area (Å²) in [5.74, 6) is -0.979. The summed E-state index contributed by atoms with van der Waals surface area (Å²) in [7, 11) is 1.83. The summed E-state index contributed by atoms with van der Waals surface area (Å²) < 4.78 is 1.73. The molecule has 0 atom stereocenters. The van der Waals surface area contributed by atoms with Crippen LogP contribution in [0.15, 0.2) is 12.3 Å². The number of carboxylic acid groups (broad SMARTS) is 1. The number of rotatable bonds is 8. The number of hydrogen-bond acceptors (Lipinski definition) is 3. The zero-order chi connectivity index (χ0) is 15.2. The van der Waals surface area contributed by atoms with Crippen molar-refractivity contribution in [1.82, 2.24) is 15.1 Å². The van der Waals surface area contributed by atoms with Crippen molar-refractivity contribution in [2.45, 2.75) is 39.5 Å². The molecule has 1 heterocycles. The average Bonchev–Trinajstić information content (AvgIpc) is 2.83. The number of aliphatic carboxylic acids is 1. The highest BCUT2D eigenvalue weighted by molar-refractivity contribution is 5.79. The Kier molecular flexibility index (Phi) is 5.73. The molecule has 0 unspecified atom stereocenters. The van der Waals surface area contributed by atoms with Gasteiger partial charge in [-0.3, -0.25) is 14.3 Å².